The third-order valence-corrected chi connectivity index (χ3v) is 4.54. The summed E-state index contributed by atoms with van der Waals surface area (Å²) in [7, 11) is -1.88. The van der Waals surface area contributed by atoms with Crippen LogP contribution in [0.4, 0.5) is 8.78 Å². The minimum atomic E-state index is -1.88. The first-order chi connectivity index (χ1) is 9.90. The van der Waals surface area contributed by atoms with Crippen LogP contribution in [0.3, 0.4) is 0 Å². The van der Waals surface area contributed by atoms with Crippen molar-refractivity contribution >= 4 is 28.4 Å². The lowest BCUT2D eigenvalue weighted by molar-refractivity contribution is 0.0696. The van der Waals surface area contributed by atoms with Crippen LogP contribution in [0.2, 0.25) is 5.02 Å². The van der Waals surface area contributed by atoms with Gasteiger partial charge in [0, 0.05) is 0 Å². The molecule has 2 rings (SSSR count). The van der Waals surface area contributed by atoms with Crippen LogP contribution in [-0.2, 0) is 16.6 Å². The summed E-state index contributed by atoms with van der Waals surface area (Å²) in [5.74, 6) is -2.91. The Balaban J connectivity index is 2.34. The van der Waals surface area contributed by atoms with Crippen molar-refractivity contribution in [2.24, 2.45) is 0 Å². The van der Waals surface area contributed by atoms with E-state index in [1.54, 1.807) is 0 Å². The molecule has 110 valence electrons. The first-order valence-corrected chi connectivity index (χ1v) is 7.44. The van der Waals surface area contributed by atoms with Crippen LogP contribution in [0.1, 0.15) is 15.9 Å². The van der Waals surface area contributed by atoms with Crippen LogP contribution in [0, 0.1) is 11.6 Å². The van der Waals surface area contributed by atoms with Gasteiger partial charge in [-0.3, -0.25) is 4.21 Å². The molecule has 1 atom stereocenters. The molecule has 1 unspecified atom stereocenters. The van der Waals surface area contributed by atoms with E-state index in [0.717, 1.165) is 24.3 Å². The van der Waals surface area contributed by atoms with E-state index in [2.05, 4.69) is 0 Å². The third-order valence-electron chi connectivity index (χ3n) is 2.74. The number of halogens is 3. The summed E-state index contributed by atoms with van der Waals surface area (Å²) in [5.41, 5.74) is 0.0835. The summed E-state index contributed by atoms with van der Waals surface area (Å²) in [6.45, 7) is 0. The molecule has 0 aliphatic carbocycles. The molecule has 3 nitrogen and oxygen atoms in total. The van der Waals surface area contributed by atoms with E-state index < -0.39 is 28.4 Å². The summed E-state index contributed by atoms with van der Waals surface area (Å²) >= 11 is 5.75. The molecule has 0 spiro atoms. The first-order valence-electron chi connectivity index (χ1n) is 5.74. The number of rotatable bonds is 4. The van der Waals surface area contributed by atoms with E-state index in [1.165, 1.54) is 12.1 Å². The molecule has 7 heteroatoms. The molecule has 1 N–H and O–H groups in total. The molecule has 0 saturated carbocycles. The molecule has 0 amide bonds. The van der Waals surface area contributed by atoms with Crippen LogP contribution in [0.5, 0.6) is 0 Å². The summed E-state index contributed by atoms with van der Waals surface area (Å²) in [6.07, 6.45) is 0. The zero-order chi connectivity index (χ0) is 15.6. The van der Waals surface area contributed by atoms with Gasteiger partial charge in [-0.05, 0) is 29.8 Å². The van der Waals surface area contributed by atoms with Gasteiger partial charge in [-0.15, -0.1) is 0 Å². The molecule has 0 radical (unpaired) electrons. The third kappa shape index (κ3) is 3.46. The highest BCUT2D eigenvalue weighted by molar-refractivity contribution is 7.84. The average Bonchev–Trinajstić information content (AvgIpc) is 2.44. The summed E-state index contributed by atoms with van der Waals surface area (Å²) in [4.78, 5) is 10.6. The SMILES string of the molecule is O=C(O)c1ccc(F)c(S(=O)Cc2cccc(F)c2Cl)c1. The Morgan fingerprint density at radius 2 is 1.90 bits per heavy atom. The Kier molecular flexibility index (Phi) is 4.69. The predicted molar refractivity (Wildman–Crippen MR) is 74.9 cm³/mol. The lowest BCUT2D eigenvalue weighted by atomic mass is 10.2. The standard InChI is InChI=1S/C14H9ClF2O3S/c15-13-9(2-1-3-11(13)17)7-21(20)12-6-8(14(18)19)4-5-10(12)16/h1-6H,7H2,(H,18,19). The van der Waals surface area contributed by atoms with Gasteiger partial charge < -0.3 is 5.11 Å². The maximum absolute atomic E-state index is 13.7. The van der Waals surface area contributed by atoms with Crippen LogP contribution in [0.15, 0.2) is 41.3 Å². The van der Waals surface area contributed by atoms with E-state index in [4.69, 9.17) is 16.7 Å². The zero-order valence-corrected chi connectivity index (χ0v) is 12.0. The Morgan fingerprint density at radius 1 is 1.19 bits per heavy atom. The lowest BCUT2D eigenvalue weighted by Gasteiger charge is -2.07. The normalized spacial score (nSPS) is 12.1. The van der Waals surface area contributed by atoms with Crippen LogP contribution < -0.4 is 0 Å². The van der Waals surface area contributed by atoms with Crippen LogP contribution in [-0.4, -0.2) is 15.3 Å². The number of hydrogen-bond donors (Lipinski definition) is 1. The average molecular weight is 331 g/mol. The maximum Gasteiger partial charge on any atom is 0.335 e. The molecule has 2 aromatic rings. The lowest BCUT2D eigenvalue weighted by Crippen LogP contribution is -2.04. The Bertz CT molecular complexity index is 734. The number of hydrogen-bond acceptors (Lipinski definition) is 2. The van der Waals surface area contributed by atoms with Crippen molar-refractivity contribution in [3.8, 4) is 0 Å². The van der Waals surface area contributed by atoms with Crippen molar-refractivity contribution in [1.82, 2.24) is 0 Å². The van der Waals surface area contributed by atoms with E-state index in [9.17, 15) is 17.8 Å². The molecule has 0 heterocycles. The number of carbonyl (C=O) groups is 1. The van der Waals surface area contributed by atoms with Gasteiger partial charge in [0.05, 0.1) is 32.0 Å². The van der Waals surface area contributed by atoms with Gasteiger partial charge in [-0.2, -0.15) is 0 Å². The number of carboxylic acids is 1. The monoisotopic (exact) mass is 330 g/mol. The van der Waals surface area contributed by atoms with Gasteiger partial charge in [-0.1, -0.05) is 23.7 Å². The second kappa shape index (κ2) is 6.32. The van der Waals surface area contributed by atoms with Crippen molar-refractivity contribution < 1.29 is 22.9 Å². The molecule has 2 aromatic carbocycles. The highest BCUT2D eigenvalue weighted by Gasteiger charge is 2.16. The van der Waals surface area contributed by atoms with Crippen molar-refractivity contribution in [3.63, 3.8) is 0 Å². The Morgan fingerprint density at radius 3 is 2.57 bits per heavy atom. The fraction of sp³-hybridized carbons (Fsp3) is 0.0714. The van der Waals surface area contributed by atoms with Crippen LogP contribution in [0.25, 0.3) is 0 Å². The minimum Gasteiger partial charge on any atom is -0.478 e. The molecular formula is C14H9ClF2O3S. The van der Waals surface area contributed by atoms with Crippen molar-refractivity contribution in [2.75, 3.05) is 0 Å². The van der Waals surface area contributed by atoms with E-state index in [1.807, 2.05) is 0 Å². The van der Waals surface area contributed by atoms with E-state index in [0.29, 0.717) is 0 Å². The van der Waals surface area contributed by atoms with Gasteiger partial charge in [0.25, 0.3) is 0 Å². The Hall–Kier alpha value is -1.79. The number of carboxylic acid groups (broad SMARTS) is 1. The maximum atomic E-state index is 13.7. The quantitative estimate of drug-likeness (QED) is 0.931. The number of aromatic carboxylic acids is 1. The summed E-state index contributed by atoms with van der Waals surface area (Å²) in [5, 5.41) is 8.68. The van der Waals surface area contributed by atoms with Crippen LogP contribution >= 0.6 is 11.6 Å². The second-order valence-corrected chi connectivity index (χ2v) is 5.95. The molecule has 0 bridgehead atoms. The van der Waals surface area contributed by atoms with Gasteiger partial charge in [0.2, 0.25) is 0 Å². The minimum absolute atomic E-state index is 0.176. The summed E-state index contributed by atoms with van der Waals surface area (Å²) < 4.78 is 39.1. The summed E-state index contributed by atoms with van der Waals surface area (Å²) in [6, 6.07) is 7.04. The smallest absolute Gasteiger partial charge is 0.335 e. The van der Waals surface area contributed by atoms with Gasteiger partial charge in [-0.25, -0.2) is 13.6 Å². The molecule has 0 aliphatic heterocycles. The zero-order valence-electron chi connectivity index (χ0n) is 10.5. The highest BCUT2D eigenvalue weighted by Crippen LogP contribution is 2.24. The molecule has 0 fully saturated rings. The Labute approximate surface area is 126 Å². The van der Waals surface area contributed by atoms with Gasteiger partial charge in [0.15, 0.2) is 0 Å². The van der Waals surface area contributed by atoms with Crippen molar-refractivity contribution in [1.29, 1.82) is 0 Å². The highest BCUT2D eigenvalue weighted by atomic mass is 35.5. The molecule has 0 saturated heterocycles. The number of benzene rings is 2. The van der Waals surface area contributed by atoms with E-state index in [-0.39, 0.29) is 26.8 Å². The van der Waals surface area contributed by atoms with Gasteiger partial charge in [0.1, 0.15) is 11.6 Å². The molecule has 0 aromatic heterocycles. The molecule has 21 heavy (non-hydrogen) atoms. The van der Waals surface area contributed by atoms with E-state index >= 15 is 0 Å². The van der Waals surface area contributed by atoms with Crippen molar-refractivity contribution in [3.05, 3.63) is 64.2 Å². The second-order valence-electron chi connectivity index (χ2n) is 4.15. The van der Waals surface area contributed by atoms with Gasteiger partial charge >= 0.3 is 5.97 Å². The topological polar surface area (TPSA) is 54.4 Å². The fourth-order valence-corrected chi connectivity index (χ4v) is 3.18. The first kappa shape index (κ1) is 15.6. The molecule has 0 aliphatic rings. The largest absolute Gasteiger partial charge is 0.478 e. The molecular weight excluding hydrogens is 322 g/mol. The predicted octanol–water partition coefficient (Wildman–Crippen LogP) is 3.62. The van der Waals surface area contributed by atoms with Crippen molar-refractivity contribution in [2.45, 2.75) is 10.6 Å². The fourth-order valence-electron chi connectivity index (χ4n) is 1.69.